The van der Waals surface area contributed by atoms with Gasteiger partial charge in [0.05, 0.1) is 14.4 Å². The summed E-state index contributed by atoms with van der Waals surface area (Å²) in [5.74, 6) is -1.71. The topological polar surface area (TPSA) is 161 Å². The summed E-state index contributed by atoms with van der Waals surface area (Å²) >= 11 is 0. The van der Waals surface area contributed by atoms with Crippen LogP contribution in [0.5, 0.6) is 0 Å². The molecule has 0 rings (SSSR count). The zero-order chi connectivity index (χ0) is 9.07. The number of carboxylic acid groups (broad SMARTS) is 1. The SMILES string of the molecule is O.O=C(O)C(CO)OP(=O)([O-])[O-].[Na+].[Na+]. The Morgan fingerprint density at radius 2 is 1.79 bits per heavy atom. The third-order valence-electron chi connectivity index (χ3n) is 0.698. The predicted octanol–water partition coefficient (Wildman–Crippen LogP) is -9.54. The van der Waals surface area contributed by atoms with Crippen LogP contribution in [0, 0.1) is 0 Å². The number of aliphatic hydroxyl groups is 1. The molecule has 74 valence electrons. The van der Waals surface area contributed by atoms with E-state index in [1.807, 2.05) is 0 Å². The molecule has 0 fully saturated rings. The molecule has 0 aliphatic heterocycles. The maximum atomic E-state index is 9.92. The van der Waals surface area contributed by atoms with Crippen LogP contribution < -0.4 is 68.9 Å². The fourth-order valence-corrected chi connectivity index (χ4v) is 0.781. The first-order valence-corrected chi connectivity index (χ1v) is 3.87. The summed E-state index contributed by atoms with van der Waals surface area (Å²) in [4.78, 5) is 29.5. The molecule has 1 atom stereocenters. The van der Waals surface area contributed by atoms with Gasteiger partial charge in [-0.15, -0.1) is 0 Å². The molecule has 0 saturated carbocycles. The van der Waals surface area contributed by atoms with E-state index in [-0.39, 0.29) is 64.6 Å². The first-order valence-electron chi connectivity index (χ1n) is 2.41. The van der Waals surface area contributed by atoms with Gasteiger partial charge in [0.15, 0.2) is 6.10 Å². The van der Waals surface area contributed by atoms with E-state index < -0.39 is 26.5 Å². The maximum Gasteiger partial charge on any atom is 1.00 e. The van der Waals surface area contributed by atoms with E-state index in [4.69, 9.17) is 10.2 Å². The summed E-state index contributed by atoms with van der Waals surface area (Å²) in [5.41, 5.74) is 0. The Hall–Kier alpha value is 1.50. The van der Waals surface area contributed by atoms with Crippen LogP contribution in [-0.2, 0) is 13.9 Å². The molecule has 0 aliphatic rings. The van der Waals surface area contributed by atoms with Gasteiger partial charge in [-0.05, 0) is 0 Å². The Labute approximate surface area is 124 Å². The number of aliphatic carboxylic acids is 1. The second-order valence-electron chi connectivity index (χ2n) is 1.56. The van der Waals surface area contributed by atoms with E-state index >= 15 is 0 Å². The molecule has 0 aromatic heterocycles. The van der Waals surface area contributed by atoms with Gasteiger partial charge in [0, 0.05) is 0 Å². The van der Waals surface area contributed by atoms with E-state index in [1.54, 1.807) is 0 Å². The monoisotopic (exact) mass is 248 g/mol. The summed E-state index contributed by atoms with van der Waals surface area (Å²) in [6.07, 6.45) is -2.00. The molecule has 0 amide bonds. The molecule has 0 radical (unpaired) electrons. The minimum absolute atomic E-state index is 0. The zero-order valence-electron chi connectivity index (χ0n) is 7.67. The van der Waals surface area contributed by atoms with Crippen LogP contribution in [0.1, 0.15) is 0 Å². The van der Waals surface area contributed by atoms with Crippen molar-refractivity contribution in [3.8, 4) is 0 Å². The maximum absolute atomic E-state index is 9.92. The van der Waals surface area contributed by atoms with E-state index in [9.17, 15) is 19.1 Å². The van der Waals surface area contributed by atoms with Crippen molar-refractivity contribution < 1.29 is 98.5 Å². The van der Waals surface area contributed by atoms with Crippen molar-refractivity contribution in [1.29, 1.82) is 0 Å². The van der Waals surface area contributed by atoms with Crippen molar-refractivity contribution >= 4 is 13.8 Å². The minimum atomic E-state index is -5.33. The number of phosphoric acid groups is 1. The van der Waals surface area contributed by atoms with Crippen molar-refractivity contribution in [3.63, 3.8) is 0 Å². The quantitative estimate of drug-likeness (QED) is 0.368. The van der Waals surface area contributed by atoms with Gasteiger partial charge in [-0.25, -0.2) is 4.79 Å². The molecule has 0 saturated heterocycles. The standard InChI is InChI=1S/C3H7O7P.2Na.H2O/c4-1-2(3(5)6)10-11(7,8)9;;;/h2,4H,1H2,(H,5,6)(H2,7,8,9);;;1H2/q;2*+1;/p-2. The Kier molecular flexibility index (Phi) is 19.4. The van der Waals surface area contributed by atoms with E-state index in [2.05, 4.69) is 4.52 Å². The van der Waals surface area contributed by atoms with Gasteiger partial charge >= 0.3 is 65.1 Å². The van der Waals surface area contributed by atoms with Crippen molar-refractivity contribution in [2.24, 2.45) is 0 Å². The third kappa shape index (κ3) is 13.5. The van der Waals surface area contributed by atoms with Crippen LogP contribution in [0.15, 0.2) is 0 Å². The summed E-state index contributed by atoms with van der Waals surface area (Å²) in [5, 5.41) is 16.2. The fourth-order valence-electron chi connectivity index (χ4n) is 0.312. The molecule has 0 bridgehead atoms. The van der Waals surface area contributed by atoms with Crippen LogP contribution >= 0.6 is 7.82 Å². The molecule has 14 heavy (non-hydrogen) atoms. The summed E-state index contributed by atoms with van der Waals surface area (Å²) in [6, 6.07) is 0. The zero-order valence-corrected chi connectivity index (χ0v) is 12.6. The molecule has 0 aromatic rings. The average molecular weight is 248 g/mol. The van der Waals surface area contributed by atoms with Crippen molar-refractivity contribution in [1.82, 2.24) is 0 Å². The average Bonchev–Trinajstić information content (AvgIpc) is 1.80. The molecule has 11 heteroatoms. The molecule has 1 unspecified atom stereocenters. The Morgan fingerprint density at radius 1 is 1.43 bits per heavy atom. The van der Waals surface area contributed by atoms with Gasteiger partial charge in [0.1, 0.15) is 0 Å². The smallest absolute Gasteiger partial charge is 0.790 e. The molecule has 8 nitrogen and oxygen atoms in total. The largest absolute Gasteiger partial charge is 1.00 e. The molecule has 0 heterocycles. The fraction of sp³-hybridized carbons (Fsp3) is 0.667. The van der Waals surface area contributed by atoms with Crippen LogP contribution in [0.3, 0.4) is 0 Å². The van der Waals surface area contributed by atoms with Crippen LogP contribution in [-0.4, -0.2) is 34.4 Å². The summed E-state index contributed by atoms with van der Waals surface area (Å²) < 4.78 is 13.2. The first kappa shape index (κ1) is 24.6. The second-order valence-corrected chi connectivity index (χ2v) is 2.67. The number of hydrogen-bond donors (Lipinski definition) is 2. The van der Waals surface area contributed by atoms with E-state index in [0.29, 0.717) is 0 Å². The molecular formula is C3H7Na2O8P. The summed E-state index contributed by atoms with van der Waals surface area (Å²) in [6.45, 7) is -1.07. The Bertz CT molecular complexity index is 191. The number of aliphatic hydroxyl groups excluding tert-OH is 1. The number of carboxylic acids is 1. The molecule has 0 aliphatic carbocycles. The van der Waals surface area contributed by atoms with Crippen molar-refractivity contribution in [2.75, 3.05) is 6.61 Å². The van der Waals surface area contributed by atoms with Gasteiger partial charge in [-0.2, -0.15) is 0 Å². The number of phosphoric ester groups is 1. The minimum Gasteiger partial charge on any atom is -0.790 e. The van der Waals surface area contributed by atoms with E-state index in [1.165, 1.54) is 0 Å². The van der Waals surface area contributed by atoms with Crippen LogP contribution in [0.4, 0.5) is 0 Å². The predicted molar refractivity (Wildman–Crippen MR) is 30.8 cm³/mol. The molecule has 4 N–H and O–H groups in total. The van der Waals surface area contributed by atoms with Crippen molar-refractivity contribution in [2.45, 2.75) is 6.10 Å². The van der Waals surface area contributed by atoms with Crippen LogP contribution in [0.2, 0.25) is 0 Å². The summed E-state index contributed by atoms with van der Waals surface area (Å²) in [7, 11) is -5.33. The van der Waals surface area contributed by atoms with Gasteiger partial charge in [0.2, 0.25) is 0 Å². The van der Waals surface area contributed by atoms with Gasteiger partial charge in [0.25, 0.3) is 0 Å². The third-order valence-corrected chi connectivity index (χ3v) is 1.21. The van der Waals surface area contributed by atoms with E-state index in [0.717, 1.165) is 0 Å². The molecule has 0 spiro atoms. The normalized spacial score (nSPS) is 11.4. The van der Waals surface area contributed by atoms with Gasteiger partial charge in [-0.1, -0.05) is 0 Å². The van der Waals surface area contributed by atoms with Gasteiger partial charge < -0.3 is 34.6 Å². The number of rotatable bonds is 4. The van der Waals surface area contributed by atoms with Crippen molar-refractivity contribution in [3.05, 3.63) is 0 Å². The Morgan fingerprint density at radius 3 is 1.86 bits per heavy atom. The first-order chi connectivity index (χ1) is 4.87. The Balaban J connectivity index is -0.000000167. The second kappa shape index (κ2) is 11.0. The van der Waals surface area contributed by atoms with Crippen LogP contribution in [0.25, 0.3) is 0 Å². The number of carbonyl (C=O) groups is 1. The molecular weight excluding hydrogens is 241 g/mol. The molecule has 0 aromatic carbocycles. The van der Waals surface area contributed by atoms with Gasteiger partial charge in [-0.3, -0.25) is 0 Å². The number of hydrogen-bond acceptors (Lipinski definition) is 6.